The van der Waals surface area contributed by atoms with Crippen molar-refractivity contribution in [3.8, 4) is 0 Å². The third kappa shape index (κ3) is 2.60. The van der Waals surface area contributed by atoms with Gasteiger partial charge in [0.1, 0.15) is 4.88 Å². The highest BCUT2D eigenvalue weighted by atomic mass is 32.1. The van der Waals surface area contributed by atoms with E-state index in [9.17, 15) is 4.79 Å². The Hall–Kier alpha value is -2.32. The van der Waals surface area contributed by atoms with Crippen LogP contribution in [0.5, 0.6) is 0 Å². The Bertz CT molecular complexity index is 859. The number of fused-ring (bicyclic) bond motifs is 1. The Balaban J connectivity index is 1.60. The molecule has 0 saturated heterocycles. The minimum absolute atomic E-state index is 0.154. The topological polar surface area (TPSA) is 71.0 Å². The fourth-order valence-electron chi connectivity index (χ4n) is 2.67. The molecule has 1 aliphatic rings. The van der Waals surface area contributed by atoms with Crippen LogP contribution in [0.3, 0.4) is 0 Å². The van der Waals surface area contributed by atoms with E-state index < -0.39 is 0 Å². The van der Waals surface area contributed by atoms with Crippen molar-refractivity contribution in [3.63, 3.8) is 0 Å². The largest absolute Gasteiger partial charge is 0.339 e. The number of carbonyl (C=O) groups excluding carboxylic acids is 1. The lowest BCUT2D eigenvalue weighted by molar-refractivity contribution is 0.102. The summed E-state index contributed by atoms with van der Waals surface area (Å²) < 4.78 is 3.82. The van der Waals surface area contributed by atoms with E-state index >= 15 is 0 Å². The zero-order valence-corrected chi connectivity index (χ0v) is 13.9. The molecule has 8 heteroatoms. The third-order valence-electron chi connectivity index (χ3n) is 3.78. The zero-order valence-electron chi connectivity index (χ0n) is 12.3. The van der Waals surface area contributed by atoms with E-state index in [0.29, 0.717) is 10.6 Å². The minimum Gasteiger partial charge on any atom is -0.339 e. The quantitative estimate of drug-likeness (QED) is 0.791. The molecule has 0 fully saturated rings. The highest BCUT2D eigenvalue weighted by molar-refractivity contribution is 7.13. The summed E-state index contributed by atoms with van der Waals surface area (Å²) >= 11 is 2.74. The summed E-state index contributed by atoms with van der Waals surface area (Å²) in [6.45, 7) is 3.35. The van der Waals surface area contributed by atoms with Crippen LogP contribution in [0, 0.1) is 6.92 Å². The second-order valence-electron chi connectivity index (χ2n) is 5.26. The van der Waals surface area contributed by atoms with E-state index in [1.165, 1.54) is 5.56 Å². The fraction of sp³-hybridized carbons (Fsp3) is 0.200. The Labute approximate surface area is 141 Å². The lowest BCUT2D eigenvalue weighted by atomic mass is 10.1. The molecule has 0 saturated carbocycles. The number of anilines is 2. The van der Waals surface area contributed by atoms with Gasteiger partial charge < -0.3 is 10.2 Å². The van der Waals surface area contributed by atoms with Gasteiger partial charge in [0.2, 0.25) is 0 Å². The number of amides is 1. The van der Waals surface area contributed by atoms with Crippen LogP contribution in [0.1, 0.15) is 26.5 Å². The highest BCUT2D eigenvalue weighted by Gasteiger charge is 2.24. The molecule has 23 heavy (non-hydrogen) atoms. The van der Waals surface area contributed by atoms with Gasteiger partial charge in [0.05, 0.1) is 5.69 Å². The second kappa shape index (κ2) is 5.71. The van der Waals surface area contributed by atoms with Crippen molar-refractivity contribution in [2.75, 3.05) is 10.2 Å². The average Bonchev–Trinajstić information content (AvgIpc) is 3.27. The molecule has 6 nitrogen and oxygen atoms in total. The standard InChI is InChI=1S/C15H13N5OS2/c1-9-13(23-19-18-9)14(21)17-12-4-2-3-10-7-20(8-11(10)12)15-16-5-6-22-15/h2-6H,7-8H2,1H3,(H,17,21). The maximum absolute atomic E-state index is 12.4. The van der Waals surface area contributed by atoms with Gasteiger partial charge in [0.25, 0.3) is 5.91 Å². The van der Waals surface area contributed by atoms with Crippen molar-refractivity contribution in [2.45, 2.75) is 20.0 Å². The summed E-state index contributed by atoms with van der Waals surface area (Å²) in [6.07, 6.45) is 1.81. The van der Waals surface area contributed by atoms with Crippen LogP contribution in [0.2, 0.25) is 0 Å². The Morgan fingerprint density at radius 2 is 2.26 bits per heavy atom. The monoisotopic (exact) mass is 343 g/mol. The van der Waals surface area contributed by atoms with Gasteiger partial charge >= 0.3 is 0 Å². The van der Waals surface area contributed by atoms with Crippen molar-refractivity contribution < 1.29 is 4.79 Å². The number of carbonyl (C=O) groups is 1. The van der Waals surface area contributed by atoms with Gasteiger partial charge in [-0.2, -0.15) is 0 Å². The molecule has 2 aromatic heterocycles. The lowest BCUT2D eigenvalue weighted by Crippen LogP contribution is -2.15. The van der Waals surface area contributed by atoms with Gasteiger partial charge in [0.15, 0.2) is 5.13 Å². The number of hydrogen-bond acceptors (Lipinski definition) is 7. The van der Waals surface area contributed by atoms with Gasteiger partial charge in [-0.15, -0.1) is 16.4 Å². The van der Waals surface area contributed by atoms with Crippen molar-refractivity contribution in [1.29, 1.82) is 0 Å². The molecule has 1 aromatic carbocycles. The van der Waals surface area contributed by atoms with Gasteiger partial charge in [0, 0.05) is 35.9 Å². The first-order valence-corrected chi connectivity index (χ1v) is 8.73. The van der Waals surface area contributed by atoms with Crippen LogP contribution in [0.25, 0.3) is 0 Å². The Morgan fingerprint density at radius 1 is 1.35 bits per heavy atom. The van der Waals surface area contributed by atoms with Crippen LogP contribution >= 0.6 is 22.9 Å². The number of benzene rings is 1. The van der Waals surface area contributed by atoms with Gasteiger partial charge in [-0.05, 0) is 30.1 Å². The van der Waals surface area contributed by atoms with Crippen molar-refractivity contribution in [3.05, 3.63) is 51.5 Å². The second-order valence-corrected chi connectivity index (χ2v) is 6.88. The van der Waals surface area contributed by atoms with Crippen LogP contribution in [0.15, 0.2) is 29.8 Å². The SMILES string of the molecule is Cc1nnsc1C(=O)Nc1cccc2c1CN(c1nccs1)C2. The molecular weight excluding hydrogens is 330 g/mol. The molecular formula is C15H13N5OS2. The van der Waals surface area contributed by atoms with Gasteiger partial charge in [-0.25, -0.2) is 4.98 Å². The normalized spacial score (nSPS) is 13.2. The lowest BCUT2D eigenvalue weighted by Gasteiger charge is -2.13. The number of aryl methyl sites for hydroxylation is 1. The van der Waals surface area contributed by atoms with Crippen molar-refractivity contribution >= 4 is 39.6 Å². The van der Waals surface area contributed by atoms with E-state index in [2.05, 4.69) is 30.9 Å². The van der Waals surface area contributed by atoms with E-state index in [-0.39, 0.29) is 5.91 Å². The van der Waals surface area contributed by atoms with E-state index in [4.69, 9.17) is 0 Å². The number of aromatic nitrogens is 3. The number of nitrogens with one attached hydrogen (secondary N) is 1. The fourth-order valence-corrected chi connectivity index (χ4v) is 3.86. The first kappa shape index (κ1) is 14.3. The molecule has 0 bridgehead atoms. The molecule has 0 aliphatic carbocycles. The smallest absolute Gasteiger partial charge is 0.269 e. The van der Waals surface area contributed by atoms with Crippen LogP contribution in [-0.2, 0) is 13.1 Å². The van der Waals surface area contributed by atoms with Crippen LogP contribution in [0.4, 0.5) is 10.8 Å². The van der Waals surface area contributed by atoms with E-state index in [1.807, 2.05) is 23.7 Å². The third-order valence-corrected chi connectivity index (χ3v) is 5.44. The molecule has 1 amide bonds. The molecule has 0 atom stereocenters. The zero-order chi connectivity index (χ0) is 15.8. The van der Waals surface area contributed by atoms with E-state index in [0.717, 1.165) is 41.0 Å². The molecule has 1 N–H and O–H groups in total. The first-order chi connectivity index (χ1) is 11.2. The first-order valence-electron chi connectivity index (χ1n) is 7.08. The summed E-state index contributed by atoms with van der Waals surface area (Å²) in [7, 11) is 0. The molecule has 0 spiro atoms. The number of rotatable bonds is 3. The summed E-state index contributed by atoms with van der Waals surface area (Å²) in [5.74, 6) is -0.154. The predicted molar refractivity (Wildman–Crippen MR) is 91.0 cm³/mol. The Morgan fingerprint density at radius 3 is 3.00 bits per heavy atom. The molecule has 4 rings (SSSR count). The van der Waals surface area contributed by atoms with E-state index in [1.54, 1.807) is 18.3 Å². The van der Waals surface area contributed by atoms with Crippen LogP contribution < -0.4 is 10.2 Å². The highest BCUT2D eigenvalue weighted by Crippen LogP contribution is 2.33. The van der Waals surface area contributed by atoms with Gasteiger partial charge in [-0.3, -0.25) is 4.79 Å². The van der Waals surface area contributed by atoms with Crippen molar-refractivity contribution in [1.82, 2.24) is 14.6 Å². The number of hydrogen-bond donors (Lipinski definition) is 1. The number of thiazole rings is 1. The summed E-state index contributed by atoms with van der Waals surface area (Å²) in [5.41, 5.74) is 3.87. The summed E-state index contributed by atoms with van der Waals surface area (Å²) in [6, 6.07) is 6.00. The maximum Gasteiger partial charge on any atom is 0.269 e. The average molecular weight is 343 g/mol. The molecule has 3 aromatic rings. The molecule has 0 radical (unpaired) electrons. The maximum atomic E-state index is 12.4. The molecule has 116 valence electrons. The predicted octanol–water partition coefficient (Wildman–Crippen LogP) is 3.08. The molecule has 3 heterocycles. The summed E-state index contributed by atoms with van der Waals surface area (Å²) in [4.78, 5) is 19.5. The van der Waals surface area contributed by atoms with Gasteiger partial charge in [-0.1, -0.05) is 16.6 Å². The summed E-state index contributed by atoms with van der Waals surface area (Å²) in [5, 5.41) is 9.86. The molecule has 1 aliphatic heterocycles. The number of nitrogens with zero attached hydrogens (tertiary/aromatic N) is 4. The van der Waals surface area contributed by atoms with Crippen molar-refractivity contribution in [2.24, 2.45) is 0 Å². The Kier molecular flexibility index (Phi) is 3.55. The minimum atomic E-state index is -0.154. The molecule has 0 unspecified atom stereocenters. The van der Waals surface area contributed by atoms with Crippen LogP contribution in [-0.4, -0.2) is 20.5 Å².